The molecule has 0 aliphatic carbocycles. The summed E-state index contributed by atoms with van der Waals surface area (Å²) in [5.41, 5.74) is 7.73. The molecule has 2 rings (SSSR count). The van der Waals surface area contributed by atoms with E-state index in [4.69, 9.17) is 10.8 Å². The van der Waals surface area contributed by atoms with Gasteiger partial charge in [0.25, 0.3) is 0 Å². The number of aromatic nitrogens is 1. The van der Waals surface area contributed by atoms with Crippen LogP contribution in [0.15, 0.2) is 30.5 Å². The zero-order valence-electron chi connectivity index (χ0n) is 20.7. The third kappa shape index (κ3) is 8.02. The Kier molecular flexibility index (Phi) is 10.1. The lowest BCUT2D eigenvalue weighted by Crippen LogP contribution is -2.61. The Bertz CT molecular complexity index is 1150. The molecule has 3 amide bonds. The summed E-state index contributed by atoms with van der Waals surface area (Å²) in [6, 6.07) is 1.95. The maximum atomic E-state index is 12.9. The molecule has 13 heteroatoms. The number of rotatable bonds is 13. The first-order valence-electron chi connectivity index (χ1n) is 11.7. The van der Waals surface area contributed by atoms with Gasteiger partial charge in [0.15, 0.2) is 0 Å². The number of benzene rings is 1. The molecule has 202 valence electrons. The van der Waals surface area contributed by atoms with E-state index in [0.717, 1.165) is 16.5 Å². The van der Waals surface area contributed by atoms with Crippen molar-refractivity contribution in [3.8, 4) is 0 Å². The number of fused-ring (bicyclic) bond motifs is 1. The first kappa shape index (κ1) is 29.3. The molecule has 0 radical (unpaired) electrons. The van der Waals surface area contributed by atoms with E-state index in [9.17, 15) is 34.2 Å². The predicted octanol–water partition coefficient (Wildman–Crippen LogP) is -0.912. The van der Waals surface area contributed by atoms with Gasteiger partial charge in [-0.2, -0.15) is 0 Å². The van der Waals surface area contributed by atoms with Crippen LogP contribution in [0.1, 0.15) is 32.8 Å². The Morgan fingerprint density at radius 3 is 2.08 bits per heavy atom. The van der Waals surface area contributed by atoms with Crippen molar-refractivity contribution in [2.75, 3.05) is 0 Å². The minimum atomic E-state index is -1.71. The molecule has 0 fully saturated rings. The van der Waals surface area contributed by atoms with Gasteiger partial charge in [-0.3, -0.25) is 19.2 Å². The number of nitrogens with two attached hydrogens (primary N) is 1. The van der Waals surface area contributed by atoms with Crippen LogP contribution < -0.4 is 21.7 Å². The Hall–Kier alpha value is -3.97. The van der Waals surface area contributed by atoms with Gasteiger partial charge in [0.1, 0.15) is 18.1 Å². The summed E-state index contributed by atoms with van der Waals surface area (Å²) in [7, 11) is 0. The minimum Gasteiger partial charge on any atom is -0.481 e. The normalized spacial score (nSPS) is 15.3. The molecule has 0 saturated heterocycles. The standard InChI is InChI=1S/C24H33N5O8/c1-11(2)19(22(34)27-17(24(36)37)9-18(31)32)28-23(35)20(12(3)30)29-21(33)15(25)8-13-10-26-16-7-5-4-6-14(13)16/h4-7,10-12,15,17,19-20,26,30H,8-9,25H2,1-3H3,(H,27,34)(H,28,35)(H,29,33)(H,31,32)(H,36,37). The number of nitrogens with one attached hydrogen (secondary N) is 4. The largest absolute Gasteiger partial charge is 0.481 e. The second-order valence-electron chi connectivity index (χ2n) is 9.12. The number of aliphatic hydroxyl groups is 1. The van der Waals surface area contributed by atoms with Gasteiger partial charge in [-0.1, -0.05) is 32.0 Å². The van der Waals surface area contributed by atoms with Crippen LogP contribution in [0.25, 0.3) is 10.9 Å². The van der Waals surface area contributed by atoms with E-state index in [-0.39, 0.29) is 6.42 Å². The Morgan fingerprint density at radius 1 is 0.919 bits per heavy atom. The van der Waals surface area contributed by atoms with Gasteiger partial charge in [0, 0.05) is 17.1 Å². The van der Waals surface area contributed by atoms with Gasteiger partial charge in [0.2, 0.25) is 17.7 Å². The van der Waals surface area contributed by atoms with Crippen molar-refractivity contribution in [3.63, 3.8) is 0 Å². The number of carboxylic acid groups (broad SMARTS) is 2. The number of para-hydroxylation sites is 1. The molecule has 1 aromatic heterocycles. The zero-order chi connectivity index (χ0) is 27.9. The van der Waals surface area contributed by atoms with E-state index in [1.807, 2.05) is 24.3 Å². The number of aliphatic carboxylic acids is 2. The molecule has 13 nitrogen and oxygen atoms in total. The summed E-state index contributed by atoms with van der Waals surface area (Å²) in [4.78, 5) is 63.6. The van der Waals surface area contributed by atoms with Crippen molar-refractivity contribution in [2.45, 2.75) is 63.9 Å². The van der Waals surface area contributed by atoms with Crippen molar-refractivity contribution >= 4 is 40.6 Å². The molecule has 2 aromatic rings. The van der Waals surface area contributed by atoms with E-state index in [2.05, 4.69) is 20.9 Å². The molecular formula is C24H33N5O8. The van der Waals surface area contributed by atoms with Crippen LogP contribution in [-0.4, -0.2) is 80.2 Å². The summed E-state index contributed by atoms with van der Waals surface area (Å²) in [5, 5.41) is 36.0. The lowest BCUT2D eigenvalue weighted by atomic mass is 10.0. The summed E-state index contributed by atoms with van der Waals surface area (Å²) in [6.07, 6.45) is -0.335. The van der Waals surface area contributed by atoms with Gasteiger partial charge in [0.05, 0.1) is 18.6 Å². The highest BCUT2D eigenvalue weighted by Crippen LogP contribution is 2.18. The second-order valence-corrected chi connectivity index (χ2v) is 9.12. The minimum absolute atomic E-state index is 0.154. The average Bonchev–Trinajstić information content (AvgIpc) is 3.22. The fourth-order valence-corrected chi connectivity index (χ4v) is 3.71. The average molecular weight is 520 g/mol. The molecule has 0 aliphatic rings. The summed E-state index contributed by atoms with van der Waals surface area (Å²) in [6.45, 7) is 4.42. The number of amides is 3. The van der Waals surface area contributed by atoms with E-state index in [0.29, 0.717) is 0 Å². The highest BCUT2D eigenvalue weighted by atomic mass is 16.4. The topological polar surface area (TPSA) is 224 Å². The molecule has 37 heavy (non-hydrogen) atoms. The fraction of sp³-hybridized carbons (Fsp3) is 0.458. The van der Waals surface area contributed by atoms with Gasteiger partial charge in [-0.15, -0.1) is 0 Å². The van der Waals surface area contributed by atoms with Crippen LogP contribution in [0.2, 0.25) is 0 Å². The van der Waals surface area contributed by atoms with Gasteiger partial charge in [-0.05, 0) is 30.9 Å². The van der Waals surface area contributed by atoms with Crippen molar-refractivity contribution in [2.24, 2.45) is 11.7 Å². The molecule has 5 atom stereocenters. The third-order valence-electron chi connectivity index (χ3n) is 5.75. The highest BCUT2D eigenvalue weighted by Gasteiger charge is 2.34. The number of H-pyrrole nitrogens is 1. The van der Waals surface area contributed by atoms with Crippen molar-refractivity contribution in [3.05, 3.63) is 36.0 Å². The fourth-order valence-electron chi connectivity index (χ4n) is 3.71. The number of carbonyl (C=O) groups excluding carboxylic acids is 3. The maximum Gasteiger partial charge on any atom is 0.326 e. The molecule has 0 spiro atoms. The molecule has 1 heterocycles. The second kappa shape index (κ2) is 12.8. The van der Waals surface area contributed by atoms with Crippen molar-refractivity contribution in [1.82, 2.24) is 20.9 Å². The molecule has 0 bridgehead atoms. The monoisotopic (exact) mass is 519 g/mol. The van der Waals surface area contributed by atoms with E-state index in [1.165, 1.54) is 6.92 Å². The molecule has 0 saturated carbocycles. The van der Waals surface area contributed by atoms with Crippen LogP contribution in [0.3, 0.4) is 0 Å². The Labute approximate surface area is 212 Å². The lowest BCUT2D eigenvalue weighted by molar-refractivity contribution is -0.147. The SMILES string of the molecule is CC(C)C(NC(=O)C(NC(=O)C(N)Cc1c[nH]c2ccccc12)C(C)O)C(=O)NC(CC(=O)O)C(=O)O. The predicted molar refractivity (Wildman–Crippen MR) is 132 cm³/mol. The van der Waals surface area contributed by atoms with Crippen molar-refractivity contribution < 1.29 is 39.3 Å². The molecule has 9 N–H and O–H groups in total. The summed E-state index contributed by atoms with van der Waals surface area (Å²) in [5.74, 6) is -6.06. The van der Waals surface area contributed by atoms with Crippen LogP contribution in [0.5, 0.6) is 0 Å². The van der Waals surface area contributed by atoms with Gasteiger partial charge < -0.3 is 42.0 Å². The van der Waals surface area contributed by atoms with E-state index >= 15 is 0 Å². The number of aromatic amines is 1. The number of carboxylic acids is 2. The lowest BCUT2D eigenvalue weighted by Gasteiger charge is -2.28. The number of carbonyl (C=O) groups is 5. The highest BCUT2D eigenvalue weighted by molar-refractivity contribution is 5.95. The molecule has 0 aliphatic heterocycles. The first-order valence-corrected chi connectivity index (χ1v) is 11.7. The molecular weight excluding hydrogens is 486 g/mol. The number of aliphatic hydroxyl groups excluding tert-OH is 1. The number of hydrogen-bond acceptors (Lipinski definition) is 7. The van der Waals surface area contributed by atoms with Crippen LogP contribution in [0, 0.1) is 5.92 Å². The first-order chi connectivity index (χ1) is 17.3. The smallest absolute Gasteiger partial charge is 0.326 e. The summed E-state index contributed by atoms with van der Waals surface area (Å²) >= 11 is 0. The quantitative estimate of drug-likeness (QED) is 0.164. The zero-order valence-corrected chi connectivity index (χ0v) is 20.7. The van der Waals surface area contributed by atoms with Crippen LogP contribution in [0.4, 0.5) is 0 Å². The third-order valence-corrected chi connectivity index (χ3v) is 5.75. The van der Waals surface area contributed by atoms with Crippen LogP contribution in [-0.2, 0) is 30.4 Å². The maximum absolute atomic E-state index is 12.9. The molecule has 1 aromatic carbocycles. The van der Waals surface area contributed by atoms with Crippen LogP contribution >= 0.6 is 0 Å². The summed E-state index contributed by atoms with van der Waals surface area (Å²) < 4.78 is 0. The molecule has 5 unspecified atom stereocenters. The Morgan fingerprint density at radius 2 is 1.51 bits per heavy atom. The Balaban J connectivity index is 2.09. The van der Waals surface area contributed by atoms with E-state index < -0.39 is 72.3 Å². The van der Waals surface area contributed by atoms with Gasteiger partial charge >= 0.3 is 11.9 Å². The van der Waals surface area contributed by atoms with Gasteiger partial charge in [-0.25, -0.2) is 4.79 Å². The van der Waals surface area contributed by atoms with E-state index in [1.54, 1.807) is 20.0 Å². The van der Waals surface area contributed by atoms with Crippen molar-refractivity contribution in [1.29, 1.82) is 0 Å². The number of hydrogen-bond donors (Lipinski definition) is 8.